The summed E-state index contributed by atoms with van der Waals surface area (Å²) < 4.78 is 25.5. The van der Waals surface area contributed by atoms with E-state index in [9.17, 15) is 8.78 Å². The smallest absolute Gasteiger partial charge is 0.126 e. The maximum absolute atomic E-state index is 12.8. The highest BCUT2D eigenvalue weighted by Crippen LogP contribution is 2.12. The number of rotatable bonds is 2. The molecular weight excluding hydrogens is 220 g/mol. The predicted molar refractivity (Wildman–Crippen MR) is 59.0 cm³/mol. The summed E-state index contributed by atoms with van der Waals surface area (Å²) in [7, 11) is 0. The van der Waals surface area contributed by atoms with Gasteiger partial charge in [0.25, 0.3) is 0 Å². The van der Waals surface area contributed by atoms with Crippen molar-refractivity contribution in [3.8, 4) is 0 Å². The van der Waals surface area contributed by atoms with Crippen LogP contribution in [0.1, 0.15) is 5.56 Å². The highest BCUT2D eigenvalue weighted by atomic mass is 35.5. The SMILES string of the molecule is Cl.Fc1cc(F)cc(/C=C/C2CNC2)c1. The lowest BCUT2D eigenvalue weighted by Crippen LogP contribution is -2.40. The van der Waals surface area contributed by atoms with Gasteiger partial charge in [-0.05, 0) is 17.7 Å². The van der Waals surface area contributed by atoms with Crippen LogP contribution in [-0.4, -0.2) is 13.1 Å². The molecule has 1 heterocycles. The van der Waals surface area contributed by atoms with E-state index in [-0.39, 0.29) is 12.4 Å². The van der Waals surface area contributed by atoms with Crippen molar-refractivity contribution < 1.29 is 8.78 Å². The van der Waals surface area contributed by atoms with Crippen LogP contribution < -0.4 is 5.32 Å². The Bertz CT molecular complexity index is 341. The van der Waals surface area contributed by atoms with E-state index in [1.165, 1.54) is 12.1 Å². The van der Waals surface area contributed by atoms with Crippen molar-refractivity contribution in [2.75, 3.05) is 13.1 Å². The van der Waals surface area contributed by atoms with Gasteiger partial charge in [-0.25, -0.2) is 8.78 Å². The van der Waals surface area contributed by atoms with Gasteiger partial charge >= 0.3 is 0 Å². The fraction of sp³-hybridized carbons (Fsp3) is 0.273. The summed E-state index contributed by atoms with van der Waals surface area (Å²) >= 11 is 0. The molecule has 1 fully saturated rings. The van der Waals surface area contributed by atoms with E-state index >= 15 is 0 Å². The van der Waals surface area contributed by atoms with Gasteiger partial charge in [0.05, 0.1) is 0 Å². The molecule has 1 saturated heterocycles. The number of halogens is 3. The fourth-order valence-corrected chi connectivity index (χ4v) is 1.37. The Labute approximate surface area is 93.6 Å². The molecule has 15 heavy (non-hydrogen) atoms. The molecule has 1 aliphatic heterocycles. The lowest BCUT2D eigenvalue weighted by molar-refractivity contribution is 0.420. The van der Waals surface area contributed by atoms with Crippen LogP contribution in [0.4, 0.5) is 8.78 Å². The van der Waals surface area contributed by atoms with E-state index < -0.39 is 11.6 Å². The third-order valence-corrected chi connectivity index (χ3v) is 2.26. The molecule has 2 rings (SSSR count). The van der Waals surface area contributed by atoms with Gasteiger partial charge in [0.15, 0.2) is 0 Å². The molecule has 1 aromatic carbocycles. The van der Waals surface area contributed by atoms with E-state index in [0.29, 0.717) is 11.5 Å². The molecule has 0 saturated carbocycles. The highest BCUT2D eigenvalue weighted by molar-refractivity contribution is 5.85. The highest BCUT2D eigenvalue weighted by Gasteiger charge is 2.12. The van der Waals surface area contributed by atoms with Crippen molar-refractivity contribution in [2.24, 2.45) is 5.92 Å². The van der Waals surface area contributed by atoms with Crippen molar-refractivity contribution in [3.63, 3.8) is 0 Å². The molecule has 82 valence electrons. The van der Waals surface area contributed by atoms with Crippen LogP contribution in [0.5, 0.6) is 0 Å². The minimum atomic E-state index is -0.531. The zero-order valence-corrected chi connectivity index (χ0v) is 8.86. The molecule has 1 nitrogen and oxygen atoms in total. The third kappa shape index (κ3) is 3.29. The first-order valence-corrected chi connectivity index (χ1v) is 4.59. The van der Waals surface area contributed by atoms with Crippen molar-refractivity contribution in [2.45, 2.75) is 0 Å². The molecule has 1 aromatic rings. The third-order valence-electron chi connectivity index (χ3n) is 2.26. The van der Waals surface area contributed by atoms with Crippen LogP contribution in [-0.2, 0) is 0 Å². The molecular formula is C11H12ClF2N. The quantitative estimate of drug-likeness (QED) is 0.825. The zero-order chi connectivity index (χ0) is 9.97. The second-order valence-electron chi connectivity index (χ2n) is 3.48. The summed E-state index contributed by atoms with van der Waals surface area (Å²) in [4.78, 5) is 0. The van der Waals surface area contributed by atoms with E-state index in [4.69, 9.17) is 0 Å². The molecule has 0 unspecified atom stereocenters. The van der Waals surface area contributed by atoms with Crippen molar-refractivity contribution >= 4 is 18.5 Å². The van der Waals surface area contributed by atoms with E-state index in [1.54, 1.807) is 6.08 Å². The first-order chi connectivity index (χ1) is 6.74. The predicted octanol–water partition coefficient (Wildman–Crippen LogP) is 2.62. The van der Waals surface area contributed by atoms with Crippen LogP contribution in [0.3, 0.4) is 0 Å². The van der Waals surface area contributed by atoms with Crippen LogP contribution in [0.25, 0.3) is 6.08 Å². The van der Waals surface area contributed by atoms with Gasteiger partial charge in [-0.1, -0.05) is 12.2 Å². The second kappa shape index (κ2) is 5.24. The van der Waals surface area contributed by atoms with E-state index in [2.05, 4.69) is 5.32 Å². The van der Waals surface area contributed by atoms with Crippen LogP contribution in [0.15, 0.2) is 24.3 Å². The number of hydrogen-bond donors (Lipinski definition) is 1. The van der Waals surface area contributed by atoms with E-state index in [1.807, 2.05) is 6.08 Å². The average molecular weight is 232 g/mol. The van der Waals surface area contributed by atoms with E-state index in [0.717, 1.165) is 19.2 Å². The molecule has 0 atom stereocenters. The maximum atomic E-state index is 12.8. The van der Waals surface area contributed by atoms with Gasteiger partial charge in [-0.2, -0.15) is 0 Å². The molecule has 0 radical (unpaired) electrons. The largest absolute Gasteiger partial charge is 0.315 e. The summed E-state index contributed by atoms with van der Waals surface area (Å²) in [6, 6.07) is 3.53. The fourth-order valence-electron chi connectivity index (χ4n) is 1.37. The van der Waals surface area contributed by atoms with Crippen LogP contribution in [0.2, 0.25) is 0 Å². The zero-order valence-electron chi connectivity index (χ0n) is 8.04. The molecule has 1 aliphatic rings. The Balaban J connectivity index is 0.00000112. The Morgan fingerprint density at radius 3 is 2.20 bits per heavy atom. The molecule has 0 aliphatic carbocycles. The van der Waals surface area contributed by atoms with Gasteiger partial charge in [0, 0.05) is 25.1 Å². The summed E-state index contributed by atoms with van der Waals surface area (Å²) in [5.74, 6) is -0.561. The normalized spacial score (nSPS) is 16.1. The lowest BCUT2D eigenvalue weighted by Gasteiger charge is -2.23. The van der Waals surface area contributed by atoms with Gasteiger partial charge in [-0.15, -0.1) is 12.4 Å². The molecule has 0 bridgehead atoms. The Hall–Kier alpha value is -0.930. The number of nitrogens with one attached hydrogen (secondary N) is 1. The molecule has 0 spiro atoms. The summed E-state index contributed by atoms with van der Waals surface area (Å²) in [6.45, 7) is 1.91. The van der Waals surface area contributed by atoms with Gasteiger partial charge in [0.1, 0.15) is 11.6 Å². The summed E-state index contributed by atoms with van der Waals surface area (Å²) in [5.41, 5.74) is 0.578. The summed E-state index contributed by atoms with van der Waals surface area (Å²) in [5, 5.41) is 3.12. The molecule has 0 amide bonds. The number of benzene rings is 1. The summed E-state index contributed by atoms with van der Waals surface area (Å²) in [6.07, 6.45) is 3.74. The van der Waals surface area contributed by atoms with Gasteiger partial charge in [0.2, 0.25) is 0 Å². The first kappa shape index (κ1) is 12.1. The number of hydrogen-bond acceptors (Lipinski definition) is 1. The standard InChI is InChI=1S/C11H11F2N.ClH/c12-10-3-8(4-11(13)5-10)1-2-9-6-14-7-9;/h1-5,9,14H,6-7H2;1H/b2-1+;. The van der Waals surface area contributed by atoms with Crippen LogP contribution in [0, 0.1) is 17.6 Å². The Morgan fingerprint density at radius 1 is 1.13 bits per heavy atom. The topological polar surface area (TPSA) is 12.0 Å². The molecule has 4 heteroatoms. The van der Waals surface area contributed by atoms with Crippen molar-refractivity contribution in [1.82, 2.24) is 5.32 Å². The van der Waals surface area contributed by atoms with Crippen molar-refractivity contribution in [3.05, 3.63) is 41.5 Å². The van der Waals surface area contributed by atoms with Gasteiger partial charge < -0.3 is 5.32 Å². The minimum Gasteiger partial charge on any atom is -0.315 e. The molecule has 1 N–H and O–H groups in total. The average Bonchev–Trinajstić information content (AvgIpc) is 1.99. The van der Waals surface area contributed by atoms with Crippen LogP contribution >= 0.6 is 12.4 Å². The monoisotopic (exact) mass is 231 g/mol. The molecule has 0 aromatic heterocycles. The Kier molecular flexibility index (Phi) is 4.24. The van der Waals surface area contributed by atoms with Crippen molar-refractivity contribution in [1.29, 1.82) is 0 Å². The Morgan fingerprint density at radius 2 is 1.73 bits per heavy atom. The lowest BCUT2D eigenvalue weighted by atomic mass is 10.0. The van der Waals surface area contributed by atoms with Gasteiger partial charge in [-0.3, -0.25) is 0 Å². The first-order valence-electron chi connectivity index (χ1n) is 4.59. The minimum absolute atomic E-state index is 0. The second-order valence-corrected chi connectivity index (χ2v) is 3.48. The maximum Gasteiger partial charge on any atom is 0.126 e.